The summed E-state index contributed by atoms with van der Waals surface area (Å²) < 4.78 is 42.7. The lowest BCUT2D eigenvalue weighted by Crippen LogP contribution is -2.10. The van der Waals surface area contributed by atoms with E-state index in [1.807, 2.05) is 0 Å². The Morgan fingerprint density at radius 1 is 1.38 bits per heavy atom. The van der Waals surface area contributed by atoms with Gasteiger partial charge >= 0.3 is 6.18 Å². The molecule has 6 heteroatoms. The van der Waals surface area contributed by atoms with Crippen LogP contribution in [0.1, 0.15) is 11.1 Å². The fourth-order valence-electron chi connectivity index (χ4n) is 1.10. The molecule has 1 rings (SSSR count). The predicted molar refractivity (Wildman–Crippen MR) is 55.4 cm³/mol. The molecule has 0 aliphatic rings. The lowest BCUT2D eigenvalue weighted by atomic mass is 10.1. The maximum atomic E-state index is 12.6. The molecule has 1 aromatic rings. The molecule has 0 saturated heterocycles. The summed E-state index contributed by atoms with van der Waals surface area (Å²) >= 11 is 3.05. The van der Waals surface area contributed by atoms with Crippen molar-refractivity contribution in [3.63, 3.8) is 0 Å². The van der Waals surface area contributed by atoms with Gasteiger partial charge in [0.25, 0.3) is 0 Å². The van der Waals surface area contributed by atoms with Crippen LogP contribution in [0.15, 0.2) is 18.2 Å². The van der Waals surface area contributed by atoms with Crippen LogP contribution in [0.3, 0.4) is 0 Å². The molecule has 0 fully saturated rings. The lowest BCUT2D eigenvalue weighted by molar-refractivity contribution is -0.138. The molecule has 0 saturated carbocycles. The minimum Gasteiger partial charge on any atom is -0.492 e. The molecule has 0 atom stereocenters. The Morgan fingerprint density at radius 3 is 2.56 bits per heavy atom. The number of hydrogen-bond acceptors (Lipinski definition) is 2. The topological polar surface area (TPSA) is 33.0 Å². The average molecular weight is 294 g/mol. The van der Waals surface area contributed by atoms with E-state index in [1.54, 1.807) is 6.07 Å². The van der Waals surface area contributed by atoms with Gasteiger partial charge in [-0.2, -0.15) is 18.4 Å². The molecule has 2 nitrogen and oxygen atoms in total. The quantitative estimate of drug-likeness (QED) is 0.801. The summed E-state index contributed by atoms with van der Waals surface area (Å²) in [6.45, 7) is 0.134. The molecule has 1 aromatic carbocycles. The monoisotopic (exact) mass is 293 g/mol. The Labute approximate surface area is 98.8 Å². The van der Waals surface area contributed by atoms with Crippen LogP contribution in [0.25, 0.3) is 0 Å². The summed E-state index contributed by atoms with van der Waals surface area (Å²) in [7, 11) is 0. The van der Waals surface area contributed by atoms with Crippen LogP contribution in [0.2, 0.25) is 0 Å². The van der Waals surface area contributed by atoms with Crippen molar-refractivity contribution in [1.82, 2.24) is 0 Å². The van der Waals surface area contributed by atoms with E-state index in [0.29, 0.717) is 5.33 Å². The number of alkyl halides is 4. The van der Waals surface area contributed by atoms with Gasteiger partial charge in [0.1, 0.15) is 5.75 Å². The minimum absolute atomic E-state index is 0.0430. The van der Waals surface area contributed by atoms with E-state index in [0.717, 1.165) is 12.1 Å². The van der Waals surface area contributed by atoms with Crippen molar-refractivity contribution in [2.75, 3.05) is 11.9 Å². The first-order valence-corrected chi connectivity index (χ1v) is 5.41. The molecular formula is C10H7BrF3NO. The van der Waals surface area contributed by atoms with Gasteiger partial charge in [-0.1, -0.05) is 15.9 Å². The van der Waals surface area contributed by atoms with Gasteiger partial charge in [0.15, 0.2) is 0 Å². The molecule has 0 aliphatic carbocycles. The number of halogens is 4. The number of ether oxygens (including phenoxy) is 1. The van der Waals surface area contributed by atoms with Crippen molar-refractivity contribution in [3.8, 4) is 11.8 Å². The number of hydrogen-bond donors (Lipinski definition) is 0. The van der Waals surface area contributed by atoms with E-state index < -0.39 is 11.7 Å². The van der Waals surface area contributed by atoms with Crippen molar-refractivity contribution < 1.29 is 17.9 Å². The van der Waals surface area contributed by atoms with Gasteiger partial charge in [-0.15, -0.1) is 0 Å². The molecule has 0 amide bonds. The van der Waals surface area contributed by atoms with Crippen LogP contribution in [0, 0.1) is 11.3 Å². The average Bonchev–Trinajstić information content (AvgIpc) is 2.25. The zero-order chi connectivity index (χ0) is 12.2. The maximum Gasteiger partial charge on any atom is 0.420 e. The number of nitriles is 1. The number of rotatable bonds is 3. The molecule has 0 N–H and O–H groups in total. The zero-order valence-corrected chi connectivity index (χ0v) is 9.60. The fourth-order valence-corrected chi connectivity index (χ4v) is 1.26. The molecule has 16 heavy (non-hydrogen) atoms. The van der Waals surface area contributed by atoms with E-state index in [4.69, 9.17) is 10.00 Å². The Kier molecular flexibility index (Phi) is 4.19. The standard InChI is InChI=1S/C10H7BrF3NO/c11-3-4-16-9-2-1-7(6-15)5-8(9)10(12,13)14/h1-2,5H,3-4H2. The molecule has 0 aliphatic heterocycles. The maximum absolute atomic E-state index is 12.6. The predicted octanol–water partition coefficient (Wildman–Crippen LogP) is 3.35. The van der Waals surface area contributed by atoms with Gasteiger partial charge in [-0.3, -0.25) is 0 Å². The van der Waals surface area contributed by atoms with E-state index in [-0.39, 0.29) is 17.9 Å². The van der Waals surface area contributed by atoms with Crippen molar-refractivity contribution in [2.45, 2.75) is 6.18 Å². The fraction of sp³-hybridized carbons (Fsp3) is 0.300. The van der Waals surface area contributed by atoms with E-state index in [2.05, 4.69) is 15.9 Å². The summed E-state index contributed by atoms with van der Waals surface area (Å²) in [5.41, 5.74) is -0.967. The Hall–Kier alpha value is -1.22. The van der Waals surface area contributed by atoms with E-state index in [1.165, 1.54) is 6.07 Å². The van der Waals surface area contributed by atoms with Crippen LogP contribution in [-0.2, 0) is 6.18 Å². The molecule has 0 unspecified atom stereocenters. The molecule has 0 spiro atoms. The Morgan fingerprint density at radius 2 is 2.06 bits per heavy atom. The van der Waals surface area contributed by atoms with Crippen molar-refractivity contribution >= 4 is 15.9 Å². The number of nitrogens with zero attached hydrogens (tertiary/aromatic N) is 1. The smallest absolute Gasteiger partial charge is 0.420 e. The Bertz CT molecular complexity index is 412. The largest absolute Gasteiger partial charge is 0.492 e. The van der Waals surface area contributed by atoms with Crippen LogP contribution in [0.5, 0.6) is 5.75 Å². The second kappa shape index (κ2) is 5.21. The number of benzene rings is 1. The van der Waals surface area contributed by atoms with Gasteiger partial charge in [0.05, 0.1) is 23.8 Å². The minimum atomic E-state index is -4.52. The first-order valence-electron chi connectivity index (χ1n) is 4.29. The molecule has 86 valence electrons. The van der Waals surface area contributed by atoms with Gasteiger partial charge in [0.2, 0.25) is 0 Å². The third-order valence-electron chi connectivity index (χ3n) is 1.75. The van der Waals surface area contributed by atoms with E-state index in [9.17, 15) is 13.2 Å². The summed E-state index contributed by atoms with van der Waals surface area (Å²) in [6.07, 6.45) is -4.52. The molecule has 0 aromatic heterocycles. The van der Waals surface area contributed by atoms with Gasteiger partial charge in [0, 0.05) is 5.33 Å². The molecular weight excluding hydrogens is 287 g/mol. The zero-order valence-electron chi connectivity index (χ0n) is 8.01. The van der Waals surface area contributed by atoms with Crippen molar-refractivity contribution in [3.05, 3.63) is 29.3 Å². The Balaban J connectivity index is 3.13. The second-order valence-electron chi connectivity index (χ2n) is 2.86. The van der Waals surface area contributed by atoms with E-state index >= 15 is 0 Å². The van der Waals surface area contributed by atoms with Gasteiger partial charge < -0.3 is 4.74 Å². The molecule has 0 heterocycles. The second-order valence-corrected chi connectivity index (χ2v) is 3.65. The van der Waals surface area contributed by atoms with Crippen LogP contribution >= 0.6 is 15.9 Å². The highest BCUT2D eigenvalue weighted by Gasteiger charge is 2.34. The first kappa shape index (κ1) is 12.8. The summed E-state index contributed by atoms with van der Waals surface area (Å²) in [6, 6.07) is 4.89. The van der Waals surface area contributed by atoms with Gasteiger partial charge in [-0.05, 0) is 18.2 Å². The summed E-state index contributed by atoms with van der Waals surface area (Å²) in [5, 5.41) is 8.96. The normalized spacial score (nSPS) is 10.9. The third kappa shape index (κ3) is 3.14. The molecule has 0 bridgehead atoms. The van der Waals surface area contributed by atoms with Gasteiger partial charge in [-0.25, -0.2) is 0 Å². The van der Waals surface area contributed by atoms with Crippen LogP contribution < -0.4 is 4.74 Å². The third-order valence-corrected chi connectivity index (χ3v) is 2.07. The lowest BCUT2D eigenvalue weighted by Gasteiger charge is -2.13. The highest BCUT2D eigenvalue weighted by Crippen LogP contribution is 2.36. The van der Waals surface area contributed by atoms with Crippen LogP contribution in [0.4, 0.5) is 13.2 Å². The van der Waals surface area contributed by atoms with Crippen LogP contribution in [-0.4, -0.2) is 11.9 Å². The highest BCUT2D eigenvalue weighted by atomic mass is 79.9. The van der Waals surface area contributed by atoms with Crippen molar-refractivity contribution in [2.24, 2.45) is 0 Å². The summed E-state index contributed by atoms with van der Waals surface area (Å²) in [4.78, 5) is 0. The SMILES string of the molecule is N#Cc1ccc(OCCBr)c(C(F)(F)F)c1. The first-order chi connectivity index (χ1) is 7.49. The van der Waals surface area contributed by atoms with Crippen molar-refractivity contribution in [1.29, 1.82) is 5.26 Å². The highest BCUT2D eigenvalue weighted by molar-refractivity contribution is 9.09. The summed E-state index contributed by atoms with van der Waals surface area (Å²) in [5.74, 6) is -0.258. The molecule has 0 radical (unpaired) electrons.